The molecule has 0 unspecified atom stereocenters. The van der Waals surface area contributed by atoms with Gasteiger partial charge >= 0.3 is 0 Å². The summed E-state index contributed by atoms with van der Waals surface area (Å²) in [6, 6.07) is 19.1. The predicted octanol–water partition coefficient (Wildman–Crippen LogP) is 3.01. The van der Waals surface area contributed by atoms with Crippen LogP contribution in [0.15, 0.2) is 72.9 Å². The van der Waals surface area contributed by atoms with Gasteiger partial charge < -0.3 is 11.1 Å². The van der Waals surface area contributed by atoms with Gasteiger partial charge in [0, 0.05) is 17.3 Å². The van der Waals surface area contributed by atoms with Crippen molar-refractivity contribution in [2.75, 3.05) is 0 Å². The Morgan fingerprint density at radius 1 is 0.962 bits per heavy atom. The van der Waals surface area contributed by atoms with E-state index in [9.17, 15) is 9.59 Å². The molecule has 0 saturated heterocycles. The van der Waals surface area contributed by atoms with Crippen molar-refractivity contribution in [2.45, 2.75) is 13.0 Å². The Kier molecular flexibility index (Phi) is 5.08. The maximum Gasteiger partial charge on any atom is 0.252 e. The summed E-state index contributed by atoms with van der Waals surface area (Å²) in [6.07, 6.45) is 1.71. The molecule has 1 aromatic heterocycles. The van der Waals surface area contributed by atoms with E-state index in [0.29, 0.717) is 11.1 Å². The number of benzene rings is 2. The Bertz CT molecular complexity index is 925. The largest absolute Gasteiger partial charge is 0.368 e. The molecule has 3 rings (SSSR count). The molecule has 0 radical (unpaired) electrons. The van der Waals surface area contributed by atoms with E-state index < -0.39 is 11.9 Å². The van der Waals surface area contributed by atoms with Crippen LogP contribution < -0.4 is 11.1 Å². The fraction of sp³-hybridized carbons (Fsp3) is 0.0952. The van der Waals surface area contributed by atoms with Crippen LogP contribution in [0.5, 0.6) is 0 Å². The first-order valence-corrected chi connectivity index (χ1v) is 8.24. The van der Waals surface area contributed by atoms with Gasteiger partial charge in [0.2, 0.25) is 5.91 Å². The summed E-state index contributed by atoms with van der Waals surface area (Å²) in [6.45, 7) is 1.86. The molecular formula is C21H19N3O2. The third-order valence-electron chi connectivity index (χ3n) is 4.21. The van der Waals surface area contributed by atoms with Crippen molar-refractivity contribution in [3.63, 3.8) is 0 Å². The van der Waals surface area contributed by atoms with E-state index >= 15 is 0 Å². The van der Waals surface area contributed by atoms with Gasteiger partial charge in [0.1, 0.15) is 6.04 Å². The molecule has 2 aromatic carbocycles. The minimum Gasteiger partial charge on any atom is -0.368 e. The molecule has 0 fully saturated rings. The SMILES string of the molecule is Cc1c(C(=O)N[C@@H](C(N)=O)c2ccccc2)cccc1-c1ccccn1. The number of nitrogens with two attached hydrogens (primary N) is 1. The second kappa shape index (κ2) is 7.61. The van der Waals surface area contributed by atoms with Gasteiger partial charge in [-0.2, -0.15) is 0 Å². The number of nitrogens with zero attached hydrogens (tertiary/aromatic N) is 1. The van der Waals surface area contributed by atoms with Crippen molar-refractivity contribution in [3.05, 3.63) is 89.6 Å². The van der Waals surface area contributed by atoms with Crippen LogP contribution in [0, 0.1) is 6.92 Å². The average molecular weight is 345 g/mol. The van der Waals surface area contributed by atoms with Crippen LogP contribution in [0.3, 0.4) is 0 Å². The molecule has 1 atom stereocenters. The summed E-state index contributed by atoms with van der Waals surface area (Å²) in [5.41, 5.74) is 9.06. The van der Waals surface area contributed by atoms with Gasteiger partial charge in [0.05, 0.1) is 5.69 Å². The lowest BCUT2D eigenvalue weighted by molar-refractivity contribution is -0.120. The third kappa shape index (κ3) is 3.62. The van der Waals surface area contributed by atoms with Gasteiger partial charge in [0.25, 0.3) is 5.91 Å². The van der Waals surface area contributed by atoms with Crippen molar-refractivity contribution in [1.29, 1.82) is 0 Å². The van der Waals surface area contributed by atoms with E-state index in [1.807, 2.05) is 37.3 Å². The number of pyridine rings is 1. The fourth-order valence-corrected chi connectivity index (χ4v) is 2.85. The zero-order valence-corrected chi connectivity index (χ0v) is 14.3. The molecule has 0 aliphatic carbocycles. The van der Waals surface area contributed by atoms with Crippen LogP contribution in [0.1, 0.15) is 27.5 Å². The molecule has 3 aromatic rings. The highest BCUT2D eigenvalue weighted by Gasteiger charge is 2.22. The molecular weight excluding hydrogens is 326 g/mol. The molecule has 0 aliphatic rings. The number of carbonyl (C=O) groups is 2. The molecule has 5 nitrogen and oxygen atoms in total. The summed E-state index contributed by atoms with van der Waals surface area (Å²) in [5.74, 6) is -0.962. The lowest BCUT2D eigenvalue weighted by Gasteiger charge is -2.17. The zero-order valence-electron chi connectivity index (χ0n) is 14.3. The van der Waals surface area contributed by atoms with E-state index in [4.69, 9.17) is 5.73 Å². The summed E-state index contributed by atoms with van der Waals surface area (Å²) in [7, 11) is 0. The Balaban J connectivity index is 1.92. The number of aromatic nitrogens is 1. The molecule has 1 heterocycles. The molecule has 26 heavy (non-hydrogen) atoms. The summed E-state index contributed by atoms with van der Waals surface area (Å²) in [4.78, 5) is 29.0. The van der Waals surface area contributed by atoms with E-state index in [1.54, 1.807) is 42.6 Å². The average Bonchev–Trinajstić information content (AvgIpc) is 2.67. The molecule has 2 amide bonds. The first-order chi connectivity index (χ1) is 12.6. The van der Waals surface area contributed by atoms with Crippen molar-refractivity contribution in [1.82, 2.24) is 10.3 Å². The van der Waals surface area contributed by atoms with Crippen LogP contribution in [0.2, 0.25) is 0 Å². The highest BCUT2D eigenvalue weighted by atomic mass is 16.2. The summed E-state index contributed by atoms with van der Waals surface area (Å²) in [5, 5.41) is 2.73. The number of hydrogen-bond donors (Lipinski definition) is 2. The smallest absolute Gasteiger partial charge is 0.252 e. The van der Waals surface area contributed by atoms with Crippen LogP contribution in [0.4, 0.5) is 0 Å². The van der Waals surface area contributed by atoms with Crippen LogP contribution in [-0.4, -0.2) is 16.8 Å². The number of primary amides is 1. The molecule has 3 N–H and O–H groups in total. The molecule has 0 aliphatic heterocycles. The van der Waals surface area contributed by atoms with Gasteiger partial charge in [-0.3, -0.25) is 14.6 Å². The van der Waals surface area contributed by atoms with E-state index in [2.05, 4.69) is 10.3 Å². The molecule has 0 saturated carbocycles. The Morgan fingerprint density at radius 2 is 1.69 bits per heavy atom. The topological polar surface area (TPSA) is 85.1 Å². The second-order valence-corrected chi connectivity index (χ2v) is 5.91. The first-order valence-electron chi connectivity index (χ1n) is 8.24. The van der Waals surface area contributed by atoms with Gasteiger partial charge in [-0.15, -0.1) is 0 Å². The monoisotopic (exact) mass is 345 g/mol. The highest BCUT2D eigenvalue weighted by molar-refractivity contribution is 6.00. The zero-order chi connectivity index (χ0) is 18.5. The van der Waals surface area contributed by atoms with Crippen molar-refractivity contribution >= 4 is 11.8 Å². The van der Waals surface area contributed by atoms with Gasteiger partial charge in [0.15, 0.2) is 0 Å². The number of nitrogens with one attached hydrogen (secondary N) is 1. The van der Waals surface area contributed by atoms with Crippen LogP contribution >= 0.6 is 0 Å². The summed E-state index contributed by atoms with van der Waals surface area (Å²) < 4.78 is 0. The fourth-order valence-electron chi connectivity index (χ4n) is 2.85. The first kappa shape index (κ1) is 17.4. The number of carbonyl (C=O) groups excluding carboxylic acids is 2. The molecule has 0 spiro atoms. The van der Waals surface area contributed by atoms with E-state index in [1.165, 1.54) is 0 Å². The van der Waals surface area contributed by atoms with Crippen molar-refractivity contribution in [3.8, 4) is 11.3 Å². The number of hydrogen-bond acceptors (Lipinski definition) is 3. The van der Waals surface area contributed by atoms with Gasteiger partial charge in [-0.05, 0) is 36.2 Å². The number of amides is 2. The quantitative estimate of drug-likeness (QED) is 0.745. The lowest BCUT2D eigenvalue weighted by atomic mass is 9.98. The predicted molar refractivity (Wildman–Crippen MR) is 100 cm³/mol. The van der Waals surface area contributed by atoms with Crippen molar-refractivity contribution < 1.29 is 9.59 Å². The molecule has 0 bridgehead atoms. The lowest BCUT2D eigenvalue weighted by Crippen LogP contribution is -2.37. The number of rotatable bonds is 5. The van der Waals surface area contributed by atoms with Crippen LogP contribution in [-0.2, 0) is 4.79 Å². The standard InChI is InChI=1S/C21H19N3O2/c1-14-16(18-12-5-6-13-23-18)10-7-11-17(14)21(26)24-19(20(22)25)15-8-3-2-4-9-15/h2-13,19H,1H3,(H2,22,25)(H,24,26)/t19-/m1/s1. The third-order valence-corrected chi connectivity index (χ3v) is 4.21. The van der Waals surface area contributed by atoms with E-state index in [0.717, 1.165) is 16.8 Å². The molecule has 130 valence electrons. The maximum atomic E-state index is 12.8. The highest BCUT2D eigenvalue weighted by Crippen LogP contribution is 2.24. The van der Waals surface area contributed by atoms with Gasteiger partial charge in [-0.25, -0.2) is 0 Å². The maximum absolute atomic E-state index is 12.8. The Hall–Kier alpha value is -3.47. The normalized spacial score (nSPS) is 11.6. The minimum atomic E-state index is -0.887. The minimum absolute atomic E-state index is 0.354. The van der Waals surface area contributed by atoms with E-state index in [-0.39, 0.29) is 5.91 Å². The summed E-state index contributed by atoms with van der Waals surface area (Å²) >= 11 is 0. The Morgan fingerprint density at radius 3 is 2.35 bits per heavy atom. The molecule has 5 heteroatoms. The van der Waals surface area contributed by atoms with Crippen molar-refractivity contribution in [2.24, 2.45) is 5.73 Å². The van der Waals surface area contributed by atoms with Gasteiger partial charge in [-0.1, -0.05) is 48.5 Å². The van der Waals surface area contributed by atoms with Crippen LogP contribution in [0.25, 0.3) is 11.3 Å². The second-order valence-electron chi connectivity index (χ2n) is 5.91. The Labute approximate surface area is 151 Å².